The van der Waals surface area contributed by atoms with Crippen LogP contribution in [-0.2, 0) is 11.3 Å². The van der Waals surface area contributed by atoms with Gasteiger partial charge in [0.25, 0.3) is 0 Å². The summed E-state index contributed by atoms with van der Waals surface area (Å²) in [5, 5.41) is 9.02. The maximum absolute atomic E-state index is 9.80. The molecule has 0 aliphatic rings. The fraction of sp³-hybridized carbons (Fsp3) is 0.125. The van der Waals surface area contributed by atoms with Crippen LogP contribution in [0.25, 0.3) is 0 Å². The molecule has 0 saturated carbocycles. The minimum Gasteiger partial charge on any atom is -0.508 e. The summed E-state index contributed by atoms with van der Waals surface area (Å²) in [5.74, 6) is 0.181. The zero-order chi connectivity index (χ0) is 8.97. The third-order valence-corrected chi connectivity index (χ3v) is 2.09. The molecular formula is C8H6BrNO2. The second-order valence-corrected chi connectivity index (χ2v) is 3.04. The molecule has 0 aliphatic heterocycles. The van der Waals surface area contributed by atoms with E-state index in [0.29, 0.717) is 0 Å². The molecule has 0 radical (unpaired) electrons. The van der Waals surface area contributed by atoms with Crippen molar-refractivity contribution in [2.45, 2.75) is 6.54 Å². The van der Waals surface area contributed by atoms with Crippen LogP contribution in [0.5, 0.6) is 5.75 Å². The lowest BCUT2D eigenvalue weighted by Crippen LogP contribution is -1.82. The first kappa shape index (κ1) is 8.97. The van der Waals surface area contributed by atoms with Gasteiger partial charge in [0.15, 0.2) is 0 Å². The number of isocyanates is 1. The number of benzene rings is 1. The van der Waals surface area contributed by atoms with Gasteiger partial charge in [-0.05, 0) is 17.7 Å². The van der Waals surface area contributed by atoms with E-state index >= 15 is 0 Å². The van der Waals surface area contributed by atoms with E-state index in [9.17, 15) is 4.79 Å². The maximum Gasteiger partial charge on any atom is 0.235 e. The lowest BCUT2D eigenvalue weighted by atomic mass is 10.2. The van der Waals surface area contributed by atoms with Gasteiger partial charge in [-0.1, -0.05) is 22.0 Å². The molecule has 0 aromatic heterocycles. The van der Waals surface area contributed by atoms with Gasteiger partial charge in [-0.3, -0.25) is 0 Å². The molecule has 0 fully saturated rings. The summed E-state index contributed by atoms with van der Waals surface area (Å²) >= 11 is 3.23. The zero-order valence-corrected chi connectivity index (χ0v) is 7.71. The molecule has 1 rings (SSSR count). The van der Waals surface area contributed by atoms with Crippen LogP contribution in [0, 0.1) is 0 Å². The van der Waals surface area contributed by atoms with Crippen molar-refractivity contribution in [1.29, 1.82) is 0 Å². The highest BCUT2D eigenvalue weighted by Gasteiger charge is 1.98. The predicted molar refractivity (Wildman–Crippen MR) is 47.6 cm³/mol. The van der Waals surface area contributed by atoms with E-state index in [1.165, 1.54) is 6.08 Å². The first-order valence-corrected chi connectivity index (χ1v) is 4.04. The molecule has 0 atom stereocenters. The third-order valence-electron chi connectivity index (χ3n) is 1.35. The highest BCUT2D eigenvalue weighted by atomic mass is 79.9. The largest absolute Gasteiger partial charge is 0.508 e. The van der Waals surface area contributed by atoms with Crippen molar-refractivity contribution in [3.05, 3.63) is 28.2 Å². The van der Waals surface area contributed by atoms with Crippen molar-refractivity contribution in [3.63, 3.8) is 0 Å². The Labute approximate surface area is 77.9 Å². The summed E-state index contributed by atoms with van der Waals surface area (Å²) in [5.41, 5.74) is 0.844. The SMILES string of the molecule is O=C=NCc1ccc(O)cc1Br. The molecule has 12 heavy (non-hydrogen) atoms. The Morgan fingerprint density at radius 2 is 2.33 bits per heavy atom. The average Bonchev–Trinajstić information content (AvgIpc) is 2.03. The molecule has 0 amide bonds. The molecular weight excluding hydrogens is 222 g/mol. The molecule has 1 aromatic carbocycles. The van der Waals surface area contributed by atoms with E-state index in [1.54, 1.807) is 18.2 Å². The summed E-state index contributed by atoms with van der Waals surface area (Å²) in [6.45, 7) is 0.282. The Morgan fingerprint density at radius 3 is 2.92 bits per heavy atom. The lowest BCUT2D eigenvalue weighted by molar-refractivity contribution is 0.474. The number of hydrogen-bond donors (Lipinski definition) is 1. The molecule has 4 heteroatoms. The van der Waals surface area contributed by atoms with Crippen molar-refractivity contribution >= 4 is 22.0 Å². The second kappa shape index (κ2) is 4.04. The van der Waals surface area contributed by atoms with Crippen LogP contribution < -0.4 is 0 Å². The third kappa shape index (κ3) is 2.19. The van der Waals surface area contributed by atoms with Crippen molar-refractivity contribution < 1.29 is 9.90 Å². The van der Waals surface area contributed by atoms with Gasteiger partial charge in [0.1, 0.15) is 5.75 Å². The van der Waals surface area contributed by atoms with E-state index in [-0.39, 0.29) is 12.3 Å². The lowest BCUT2D eigenvalue weighted by Gasteiger charge is -1.99. The van der Waals surface area contributed by atoms with E-state index in [2.05, 4.69) is 20.9 Å². The van der Waals surface area contributed by atoms with Crippen molar-refractivity contribution in [2.24, 2.45) is 4.99 Å². The van der Waals surface area contributed by atoms with Gasteiger partial charge in [-0.2, -0.15) is 0 Å². The first-order valence-electron chi connectivity index (χ1n) is 3.25. The number of phenolic OH excluding ortho intramolecular Hbond substituents is 1. The molecule has 0 bridgehead atoms. The van der Waals surface area contributed by atoms with Gasteiger partial charge in [0, 0.05) is 4.47 Å². The number of aliphatic imine (C=N–C) groups is 1. The summed E-state index contributed by atoms with van der Waals surface area (Å²) < 4.78 is 0.738. The Balaban J connectivity index is 2.93. The number of carbonyl (C=O) groups excluding carboxylic acids is 1. The van der Waals surface area contributed by atoms with Crippen molar-refractivity contribution in [3.8, 4) is 5.75 Å². The fourth-order valence-corrected chi connectivity index (χ4v) is 1.27. The number of hydrogen-bond acceptors (Lipinski definition) is 3. The van der Waals surface area contributed by atoms with Crippen LogP contribution in [-0.4, -0.2) is 11.2 Å². The predicted octanol–water partition coefficient (Wildman–Crippen LogP) is 1.99. The summed E-state index contributed by atoms with van der Waals surface area (Å²) in [6.07, 6.45) is 1.45. The van der Waals surface area contributed by atoms with Gasteiger partial charge < -0.3 is 5.11 Å². The molecule has 62 valence electrons. The number of nitrogens with zero attached hydrogens (tertiary/aromatic N) is 1. The Morgan fingerprint density at radius 1 is 1.58 bits per heavy atom. The van der Waals surface area contributed by atoms with Crippen LogP contribution in [0.1, 0.15) is 5.56 Å². The monoisotopic (exact) mass is 227 g/mol. The van der Waals surface area contributed by atoms with E-state index in [0.717, 1.165) is 10.0 Å². The molecule has 0 aliphatic carbocycles. The zero-order valence-electron chi connectivity index (χ0n) is 6.12. The average molecular weight is 228 g/mol. The van der Waals surface area contributed by atoms with Crippen LogP contribution >= 0.6 is 15.9 Å². The molecule has 1 N–H and O–H groups in total. The Kier molecular flexibility index (Phi) is 3.02. The molecule has 0 heterocycles. The topological polar surface area (TPSA) is 49.7 Å². The van der Waals surface area contributed by atoms with E-state index in [1.807, 2.05) is 0 Å². The van der Waals surface area contributed by atoms with Crippen molar-refractivity contribution in [2.75, 3.05) is 0 Å². The van der Waals surface area contributed by atoms with Crippen LogP contribution in [0.2, 0.25) is 0 Å². The maximum atomic E-state index is 9.80. The minimum absolute atomic E-state index is 0.181. The second-order valence-electron chi connectivity index (χ2n) is 2.18. The van der Waals surface area contributed by atoms with Gasteiger partial charge in [-0.15, -0.1) is 0 Å². The molecule has 0 saturated heterocycles. The van der Waals surface area contributed by atoms with Gasteiger partial charge >= 0.3 is 0 Å². The standard InChI is InChI=1S/C8H6BrNO2/c9-8-3-7(12)2-1-6(8)4-10-5-11/h1-3,12H,4H2. The number of rotatable bonds is 2. The highest BCUT2D eigenvalue weighted by Crippen LogP contribution is 2.22. The molecule has 3 nitrogen and oxygen atoms in total. The van der Waals surface area contributed by atoms with E-state index < -0.39 is 0 Å². The number of phenols is 1. The van der Waals surface area contributed by atoms with Crippen molar-refractivity contribution in [1.82, 2.24) is 0 Å². The Bertz CT molecular complexity index is 332. The smallest absolute Gasteiger partial charge is 0.235 e. The highest BCUT2D eigenvalue weighted by molar-refractivity contribution is 9.10. The summed E-state index contributed by atoms with van der Waals surface area (Å²) in [7, 11) is 0. The Hall–Kier alpha value is -1.12. The quantitative estimate of drug-likeness (QED) is 0.621. The minimum atomic E-state index is 0.181. The van der Waals surface area contributed by atoms with E-state index in [4.69, 9.17) is 5.11 Å². The summed E-state index contributed by atoms with van der Waals surface area (Å²) in [6, 6.07) is 4.79. The number of halogens is 1. The van der Waals surface area contributed by atoms with Gasteiger partial charge in [0.05, 0.1) is 6.54 Å². The first-order chi connectivity index (χ1) is 5.74. The number of aromatic hydroxyl groups is 1. The normalized spacial score (nSPS) is 9.08. The van der Waals surface area contributed by atoms with Gasteiger partial charge in [0.2, 0.25) is 6.08 Å². The van der Waals surface area contributed by atoms with Crippen LogP contribution in [0.4, 0.5) is 0 Å². The van der Waals surface area contributed by atoms with Crippen LogP contribution in [0.15, 0.2) is 27.7 Å². The fourth-order valence-electron chi connectivity index (χ4n) is 0.782. The molecule has 0 unspecified atom stereocenters. The van der Waals surface area contributed by atoms with Crippen LogP contribution in [0.3, 0.4) is 0 Å². The molecule has 1 aromatic rings. The molecule has 0 spiro atoms. The van der Waals surface area contributed by atoms with Gasteiger partial charge in [-0.25, -0.2) is 9.79 Å². The summed E-state index contributed by atoms with van der Waals surface area (Å²) in [4.78, 5) is 13.2.